The molecule has 6 heteroatoms. The molecular weight excluding hydrogens is 208 g/mol. The number of aromatic nitrogens is 1. The van der Waals surface area contributed by atoms with E-state index in [1.165, 1.54) is 6.07 Å². The minimum atomic E-state index is -0.596. The van der Waals surface area contributed by atoms with Crippen molar-refractivity contribution < 1.29 is 4.92 Å². The standard InChI is InChI=1S/C10H6N4O2/c11-4-6-1-2-8-7(3-6)10(12)9(5-13-8)14(15)16/h1-3,5H,(H2,12,13). The first-order chi connectivity index (χ1) is 7.63. The molecule has 1 aromatic carbocycles. The Bertz CT molecular complexity index is 630. The molecule has 0 aliphatic heterocycles. The van der Waals surface area contributed by atoms with Gasteiger partial charge in [-0.15, -0.1) is 0 Å². The summed E-state index contributed by atoms with van der Waals surface area (Å²) < 4.78 is 0. The molecule has 2 aromatic rings. The number of hydrogen-bond donors (Lipinski definition) is 1. The van der Waals surface area contributed by atoms with Crippen molar-refractivity contribution in [2.45, 2.75) is 0 Å². The van der Waals surface area contributed by atoms with Gasteiger partial charge in [-0.25, -0.2) is 4.98 Å². The van der Waals surface area contributed by atoms with Crippen molar-refractivity contribution in [3.05, 3.63) is 40.1 Å². The Labute approximate surface area is 90.1 Å². The monoisotopic (exact) mass is 214 g/mol. The Morgan fingerprint density at radius 3 is 2.88 bits per heavy atom. The van der Waals surface area contributed by atoms with E-state index in [0.29, 0.717) is 16.5 Å². The van der Waals surface area contributed by atoms with E-state index in [4.69, 9.17) is 11.0 Å². The summed E-state index contributed by atoms with van der Waals surface area (Å²) in [4.78, 5) is 14.0. The zero-order valence-corrected chi connectivity index (χ0v) is 8.04. The van der Waals surface area contributed by atoms with Crippen molar-refractivity contribution >= 4 is 22.3 Å². The molecule has 0 radical (unpaired) electrons. The Morgan fingerprint density at radius 2 is 2.25 bits per heavy atom. The van der Waals surface area contributed by atoms with Crippen molar-refractivity contribution in [2.75, 3.05) is 5.73 Å². The van der Waals surface area contributed by atoms with E-state index in [-0.39, 0.29) is 11.4 Å². The summed E-state index contributed by atoms with van der Waals surface area (Å²) in [5, 5.41) is 19.8. The highest BCUT2D eigenvalue weighted by Gasteiger charge is 2.15. The molecule has 0 spiro atoms. The van der Waals surface area contributed by atoms with Gasteiger partial charge >= 0.3 is 5.69 Å². The van der Waals surface area contributed by atoms with E-state index in [9.17, 15) is 10.1 Å². The van der Waals surface area contributed by atoms with Crippen LogP contribution in [-0.2, 0) is 0 Å². The second kappa shape index (κ2) is 3.47. The van der Waals surface area contributed by atoms with Crippen LogP contribution in [0.4, 0.5) is 11.4 Å². The van der Waals surface area contributed by atoms with Crippen LogP contribution >= 0.6 is 0 Å². The smallest absolute Gasteiger partial charge is 0.310 e. The highest BCUT2D eigenvalue weighted by molar-refractivity contribution is 5.95. The summed E-state index contributed by atoms with van der Waals surface area (Å²) >= 11 is 0. The lowest BCUT2D eigenvalue weighted by Gasteiger charge is -2.02. The number of fused-ring (bicyclic) bond motifs is 1. The molecule has 1 aromatic heterocycles. The number of nitriles is 1. The van der Waals surface area contributed by atoms with E-state index in [0.717, 1.165) is 6.20 Å². The van der Waals surface area contributed by atoms with Crippen LogP contribution in [0.15, 0.2) is 24.4 Å². The lowest BCUT2D eigenvalue weighted by atomic mass is 10.1. The number of hydrogen-bond acceptors (Lipinski definition) is 5. The highest BCUT2D eigenvalue weighted by Crippen LogP contribution is 2.28. The number of nitrogen functional groups attached to an aromatic ring is 1. The maximum Gasteiger partial charge on any atom is 0.310 e. The maximum atomic E-state index is 10.6. The van der Waals surface area contributed by atoms with E-state index < -0.39 is 4.92 Å². The fourth-order valence-electron chi connectivity index (χ4n) is 1.42. The summed E-state index contributed by atoms with van der Waals surface area (Å²) in [7, 11) is 0. The van der Waals surface area contributed by atoms with Gasteiger partial charge in [-0.05, 0) is 18.2 Å². The summed E-state index contributed by atoms with van der Waals surface area (Å²) in [6.45, 7) is 0. The van der Waals surface area contributed by atoms with Crippen molar-refractivity contribution in [3.63, 3.8) is 0 Å². The van der Waals surface area contributed by atoms with Crippen molar-refractivity contribution in [2.24, 2.45) is 0 Å². The number of nitrogens with two attached hydrogens (primary N) is 1. The van der Waals surface area contributed by atoms with Gasteiger partial charge in [0.05, 0.1) is 22.1 Å². The molecule has 78 valence electrons. The Balaban J connectivity index is 2.82. The molecule has 2 rings (SSSR count). The van der Waals surface area contributed by atoms with E-state index in [1.807, 2.05) is 6.07 Å². The Morgan fingerprint density at radius 1 is 1.50 bits per heavy atom. The largest absolute Gasteiger partial charge is 0.393 e. The van der Waals surface area contributed by atoms with Gasteiger partial charge in [-0.2, -0.15) is 5.26 Å². The second-order valence-corrected chi connectivity index (χ2v) is 3.16. The molecule has 0 unspecified atom stereocenters. The van der Waals surface area contributed by atoms with Gasteiger partial charge in [0.1, 0.15) is 11.9 Å². The van der Waals surface area contributed by atoms with Crippen LogP contribution in [0.25, 0.3) is 10.9 Å². The Kier molecular flexibility index (Phi) is 2.14. The van der Waals surface area contributed by atoms with Gasteiger partial charge in [0.25, 0.3) is 0 Å². The fourth-order valence-corrected chi connectivity index (χ4v) is 1.42. The zero-order chi connectivity index (χ0) is 11.7. The molecule has 0 aliphatic rings. The molecule has 2 N–H and O–H groups in total. The first-order valence-corrected chi connectivity index (χ1v) is 4.36. The summed E-state index contributed by atoms with van der Waals surface area (Å²) in [5.41, 5.74) is 6.36. The SMILES string of the molecule is N#Cc1ccc2ncc([N+](=O)[O-])c(N)c2c1. The van der Waals surface area contributed by atoms with Crippen LogP contribution in [0.3, 0.4) is 0 Å². The minimum Gasteiger partial charge on any atom is -0.393 e. The third-order valence-corrected chi connectivity index (χ3v) is 2.21. The highest BCUT2D eigenvalue weighted by atomic mass is 16.6. The molecule has 0 bridgehead atoms. The third kappa shape index (κ3) is 1.40. The lowest BCUT2D eigenvalue weighted by molar-refractivity contribution is -0.384. The third-order valence-electron chi connectivity index (χ3n) is 2.21. The van der Waals surface area contributed by atoms with Crippen LogP contribution in [0.5, 0.6) is 0 Å². The molecule has 0 amide bonds. The van der Waals surface area contributed by atoms with Crippen molar-refractivity contribution in [3.8, 4) is 6.07 Å². The van der Waals surface area contributed by atoms with Gasteiger partial charge in [0.2, 0.25) is 0 Å². The molecule has 16 heavy (non-hydrogen) atoms. The van der Waals surface area contributed by atoms with Gasteiger partial charge < -0.3 is 5.73 Å². The molecule has 0 aliphatic carbocycles. The normalized spacial score (nSPS) is 9.94. The van der Waals surface area contributed by atoms with Crippen molar-refractivity contribution in [1.82, 2.24) is 4.98 Å². The predicted octanol–water partition coefficient (Wildman–Crippen LogP) is 1.60. The number of rotatable bonds is 1. The van der Waals surface area contributed by atoms with Crippen LogP contribution in [0.1, 0.15) is 5.56 Å². The van der Waals surface area contributed by atoms with Gasteiger partial charge in [0, 0.05) is 5.39 Å². The number of benzene rings is 1. The zero-order valence-electron chi connectivity index (χ0n) is 8.04. The Hall–Kier alpha value is -2.68. The minimum absolute atomic E-state index is 0.0344. The topological polar surface area (TPSA) is 106 Å². The molecule has 1 heterocycles. The lowest BCUT2D eigenvalue weighted by Crippen LogP contribution is -1.98. The maximum absolute atomic E-state index is 10.6. The molecule has 0 atom stereocenters. The molecular formula is C10H6N4O2. The fraction of sp³-hybridized carbons (Fsp3) is 0. The molecule has 0 saturated carbocycles. The average Bonchev–Trinajstić information content (AvgIpc) is 2.28. The van der Waals surface area contributed by atoms with Gasteiger partial charge in [-0.1, -0.05) is 0 Å². The van der Waals surface area contributed by atoms with E-state index in [2.05, 4.69) is 4.98 Å². The van der Waals surface area contributed by atoms with Gasteiger partial charge in [-0.3, -0.25) is 10.1 Å². The van der Waals surface area contributed by atoms with Crippen LogP contribution in [0, 0.1) is 21.4 Å². The van der Waals surface area contributed by atoms with Crippen LogP contribution in [0.2, 0.25) is 0 Å². The van der Waals surface area contributed by atoms with E-state index in [1.54, 1.807) is 12.1 Å². The molecule has 0 fully saturated rings. The number of nitro groups is 1. The number of pyridine rings is 1. The summed E-state index contributed by atoms with van der Waals surface area (Å²) in [5.74, 6) is 0. The second-order valence-electron chi connectivity index (χ2n) is 3.16. The molecule has 0 saturated heterocycles. The van der Waals surface area contributed by atoms with Crippen LogP contribution in [-0.4, -0.2) is 9.91 Å². The average molecular weight is 214 g/mol. The first kappa shape index (κ1) is 9.86. The predicted molar refractivity (Wildman–Crippen MR) is 57.5 cm³/mol. The number of nitrogens with zero attached hydrogens (tertiary/aromatic N) is 3. The van der Waals surface area contributed by atoms with Crippen molar-refractivity contribution in [1.29, 1.82) is 5.26 Å². The molecule has 6 nitrogen and oxygen atoms in total. The summed E-state index contributed by atoms with van der Waals surface area (Å²) in [6.07, 6.45) is 1.11. The van der Waals surface area contributed by atoms with Gasteiger partial charge in [0.15, 0.2) is 0 Å². The number of anilines is 1. The van der Waals surface area contributed by atoms with Crippen LogP contribution < -0.4 is 5.73 Å². The summed E-state index contributed by atoms with van der Waals surface area (Å²) in [6, 6.07) is 6.62. The van der Waals surface area contributed by atoms with E-state index >= 15 is 0 Å². The quantitative estimate of drug-likeness (QED) is 0.573. The first-order valence-electron chi connectivity index (χ1n) is 4.36.